The van der Waals surface area contributed by atoms with Crippen LogP contribution < -0.4 is 14.9 Å². The lowest BCUT2D eigenvalue weighted by Gasteiger charge is -2.10. The lowest BCUT2D eigenvalue weighted by Crippen LogP contribution is -2.19. The van der Waals surface area contributed by atoms with Gasteiger partial charge in [0.05, 0.1) is 30.0 Å². The Hall–Kier alpha value is -2.37. The summed E-state index contributed by atoms with van der Waals surface area (Å²) in [7, 11) is 3.18. The van der Waals surface area contributed by atoms with Crippen LogP contribution >= 0.6 is 39.0 Å². The average molecular weight is 510 g/mol. The van der Waals surface area contributed by atoms with Crippen LogP contribution in [0.4, 0.5) is 0 Å². The first kappa shape index (κ1) is 22.3. The number of ether oxygens (including phenoxy) is 2. The molecule has 1 amide bonds. The van der Waals surface area contributed by atoms with E-state index in [1.165, 1.54) is 23.1 Å². The molecule has 2 aromatic heterocycles. The van der Waals surface area contributed by atoms with Gasteiger partial charge in [-0.3, -0.25) is 4.79 Å². The van der Waals surface area contributed by atoms with Gasteiger partial charge >= 0.3 is 0 Å². The number of thioether (sulfide) groups is 1. The van der Waals surface area contributed by atoms with Gasteiger partial charge in [-0.25, -0.2) is 5.43 Å². The summed E-state index contributed by atoms with van der Waals surface area (Å²) in [5, 5.41) is 13.2. The van der Waals surface area contributed by atoms with Crippen molar-refractivity contribution in [1.82, 2.24) is 20.2 Å². The summed E-state index contributed by atoms with van der Waals surface area (Å²) in [6.07, 6.45) is 1.61. The molecule has 0 bridgehead atoms. The van der Waals surface area contributed by atoms with Crippen molar-refractivity contribution in [2.45, 2.75) is 18.6 Å². The number of rotatable bonds is 9. The Morgan fingerprint density at radius 1 is 1.27 bits per heavy atom. The molecule has 0 radical (unpaired) electrons. The van der Waals surface area contributed by atoms with E-state index in [1.807, 2.05) is 41.8 Å². The largest absolute Gasteiger partial charge is 0.493 e. The minimum Gasteiger partial charge on any atom is -0.493 e. The molecular weight excluding hydrogens is 490 g/mol. The number of nitrogens with one attached hydrogen (secondary N) is 1. The first-order valence-corrected chi connectivity index (χ1v) is 11.5. The lowest BCUT2D eigenvalue weighted by molar-refractivity contribution is -0.118. The van der Waals surface area contributed by atoms with E-state index in [4.69, 9.17) is 9.47 Å². The van der Waals surface area contributed by atoms with Crippen LogP contribution in [0.15, 0.2) is 44.4 Å². The molecule has 1 aromatic carbocycles. The fourth-order valence-corrected chi connectivity index (χ4v) is 4.69. The van der Waals surface area contributed by atoms with Gasteiger partial charge in [0, 0.05) is 17.0 Å². The van der Waals surface area contributed by atoms with Gasteiger partial charge in [-0.1, -0.05) is 11.8 Å². The fourth-order valence-electron chi connectivity index (χ4n) is 2.60. The number of carbonyl (C=O) groups excluding carboxylic acids is 1. The number of halogens is 1. The molecule has 158 valence electrons. The summed E-state index contributed by atoms with van der Waals surface area (Å²) >= 11 is 6.23. The van der Waals surface area contributed by atoms with E-state index in [1.54, 1.807) is 20.4 Å². The maximum absolute atomic E-state index is 12.1. The van der Waals surface area contributed by atoms with E-state index < -0.39 is 0 Å². The molecule has 0 unspecified atom stereocenters. The number of amides is 1. The Morgan fingerprint density at radius 3 is 2.73 bits per heavy atom. The molecule has 0 saturated carbocycles. The monoisotopic (exact) mass is 509 g/mol. The van der Waals surface area contributed by atoms with Gasteiger partial charge in [-0.05, 0) is 53.2 Å². The van der Waals surface area contributed by atoms with Crippen LogP contribution in [0.3, 0.4) is 0 Å². The summed E-state index contributed by atoms with van der Waals surface area (Å²) in [5.74, 6) is 1.92. The average Bonchev–Trinajstić information content (AvgIpc) is 3.37. The quantitative estimate of drug-likeness (QED) is 0.266. The minimum absolute atomic E-state index is 0.176. The molecule has 3 rings (SSSR count). The maximum Gasteiger partial charge on any atom is 0.250 e. The summed E-state index contributed by atoms with van der Waals surface area (Å²) in [4.78, 5) is 13.0. The van der Waals surface area contributed by atoms with Crippen LogP contribution in [0.1, 0.15) is 11.8 Å². The predicted molar refractivity (Wildman–Crippen MR) is 123 cm³/mol. The van der Waals surface area contributed by atoms with Crippen molar-refractivity contribution in [2.75, 3.05) is 20.0 Å². The molecule has 0 fully saturated rings. The SMILES string of the molecule is CCn1c(SCC(=O)N/N=C\c2ccc(Br)s2)nnc1-c1ccc(OC)c(OC)c1. The molecule has 0 spiro atoms. The van der Waals surface area contributed by atoms with Gasteiger partial charge in [0.15, 0.2) is 22.5 Å². The number of aromatic nitrogens is 3. The van der Waals surface area contributed by atoms with E-state index in [0.717, 1.165) is 14.2 Å². The minimum atomic E-state index is -0.217. The summed E-state index contributed by atoms with van der Waals surface area (Å²) in [5.41, 5.74) is 3.38. The van der Waals surface area contributed by atoms with Crippen LogP contribution in [0.2, 0.25) is 0 Å². The van der Waals surface area contributed by atoms with Crippen molar-refractivity contribution in [3.63, 3.8) is 0 Å². The van der Waals surface area contributed by atoms with E-state index >= 15 is 0 Å². The zero-order valence-electron chi connectivity index (χ0n) is 16.6. The molecular formula is C19H20BrN5O3S2. The number of benzene rings is 1. The topological polar surface area (TPSA) is 90.6 Å². The molecule has 0 aliphatic carbocycles. The molecule has 1 N–H and O–H groups in total. The van der Waals surface area contributed by atoms with E-state index in [-0.39, 0.29) is 11.7 Å². The second kappa shape index (κ2) is 10.6. The molecule has 0 saturated heterocycles. The van der Waals surface area contributed by atoms with E-state index in [9.17, 15) is 4.79 Å². The number of methoxy groups -OCH3 is 2. The van der Waals surface area contributed by atoms with Crippen LogP contribution in [0, 0.1) is 0 Å². The van der Waals surface area contributed by atoms with E-state index in [0.29, 0.717) is 29.0 Å². The third-order valence-corrected chi connectivity index (χ3v) is 6.51. The number of hydrazone groups is 1. The zero-order valence-corrected chi connectivity index (χ0v) is 19.8. The predicted octanol–water partition coefficient (Wildman–Crippen LogP) is 4.05. The smallest absolute Gasteiger partial charge is 0.250 e. The highest BCUT2D eigenvalue weighted by Crippen LogP contribution is 2.32. The highest BCUT2D eigenvalue weighted by Gasteiger charge is 2.16. The Labute approximate surface area is 190 Å². The van der Waals surface area contributed by atoms with Crippen molar-refractivity contribution in [1.29, 1.82) is 0 Å². The fraction of sp³-hybridized carbons (Fsp3) is 0.263. The normalized spacial score (nSPS) is 11.1. The first-order valence-electron chi connectivity index (χ1n) is 8.91. The van der Waals surface area contributed by atoms with Crippen molar-refractivity contribution in [2.24, 2.45) is 5.10 Å². The Bertz CT molecular complexity index is 1050. The summed E-state index contributed by atoms with van der Waals surface area (Å²) in [6, 6.07) is 9.42. The Morgan fingerprint density at radius 2 is 2.07 bits per heavy atom. The van der Waals surface area contributed by atoms with Crippen LogP contribution in [-0.4, -0.2) is 46.9 Å². The first-order chi connectivity index (χ1) is 14.5. The van der Waals surface area contributed by atoms with Crippen LogP contribution in [0.5, 0.6) is 11.5 Å². The molecule has 11 heteroatoms. The zero-order chi connectivity index (χ0) is 21.5. The molecule has 0 aliphatic heterocycles. The molecule has 30 heavy (non-hydrogen) atoms. The Kier molecular flexibility index (Phi) is 7.88. The molecule has 0 aliphatic rings. The highest BCUT2D eigenvalue weighted by atomic mass is 79.9. The van der Waals surface area contributed by atoms with Gasteiger partial charge in [-0.15, -0.1) is 21.5 Å². The molecule has 3 aromatic rings. The molecule has 0 atom stereocenters. The van der Waals surface area contributed by atoms with Crippen LogP contribution in [0.25, 0.3) is 11.4 Å². The van der Waals surface area contributed by atoms with Gasteiger partial charge in [0.2, 0.25) is 0 Å². The lowest BCUT2D eigenvalue weighted by atomic mass is 10.2. The molecule has 8 nitrogen and oxygen atoms in total. The van der Waals surface area contributed by atoms with Crippen molar-refractivity contribution in [3.8, 4) is 22.9 Å². The van der Waals surface area contributed by atoms with Gasteiger partial charge in [0.25, 0.3) is 5.91 Å². The van der Waals surface area contributed by atoms with Gasteiger partial charge < -0.3 is 14.0 Å². The van der Waals surface area contributed by atoms with Crippen LogP contribution in [-0.2, 0) is 11.3 Å². The standard InChI is InChI=1S/C19H20BrN5O3S2/c1-4-25-18(12-5-7-14(27-2)15(9-12)28-3)23-24-19(25)29-11-17(26)22-21-10-13-6-8-16(20)30-13/h5-10H,4,11H2,1-3H3,(H,22,26)/b21-10-. The summed E-state index contributed by atoms with van der Waals surface area (Å²) < 4.78 is 13.6. The second-order valence-electron chi connectivity index (χ2n) is 5.84. The van der Waals surface area contributed by atoms with Crippen molar-refractivity contribution >= 4 is 51.2 Å². The number of hydrogen-bond acceptors (Lipinski definition) is 8. The summed E-state index contributed by atoms with van der Waals surface area (Å²) in [6.45, 7) is 2.66. The third-order valence-electron chi connectivity index (χ3n) is 3.98. The van der Waals surface area contributed by atoms with Gasteiger partial charge in [0.1, 0.15) is 0 Å². The van der Waals surface area contributed by atoms with Crippen molar-refractivity contribution in [3.05, 3.63) is 39.0 Å². The van der Waals surface area contributed by atoms with Crippen molar-refractivity contribution < 1.29 is 14.3 Å². The number of thiophene rings is 1. The third kappa shape index (κ3) is 5.41. The number of nitrogens with zero attached hydrogens (tertiary/aromatic N) is 4. The number of hydrogen-bond donors (Lipinski definition) is 1. The molecule has 2 heterocycles. The van der Waals surface area contributed by atoms with E-state index in [2.05, 4.69) is 36.7 Å². The number of carbonyl (C=O) groups is 1. The maximum atomic E-state index is 12.1. The van der Waals surface area contributed by atoms with Gasteiger partial charge in [-0.2, -0.15) is 5.10 Å². The Balaban J connectivity index is 1.65. The second-order valence-corrected chi connectivity index (χ2v) is 9.28. The highest BCUT2D eigenvalue weighted by molar-refractivity contribution is 9.11.